The number of H-pyrrole nitrogens is 1. The number of halogens is 1. The van der Waals surface area contributed by atoms with Crippen LogP contribution in [0.1, 0.15) is 24.5 Å². The number of hydrogen-bond acceptors (Lipinski definition) is 2. The predicted molar refractivity (Wildman–Crippen MR) is 56.2 cm³/mol. The Morgan fingerprint density at radius 1 is 1.57 bits per heavy atom. The minimum absolute atomic E-state index is 0.642. The number of aromatic amines is 1. The Balaban J connectivity index is 2.32. The Hall–Kier alpha value is -0.960. The van der Waals surface area contributed by atoms with Crippen molar-refractivity contribution in [1.82, 2.24) is 15.1 Å². The van der Waals surface area contributed by atoms with Crippen LogP contribution in [0.15, 0.2) is 0 Å². The van der Waals surface area contributed by atoms with E-state index in [-0.39, 0.29) is 0 Å². The van der Waals surface area contributed by atoms with Crippen molar-refractivity contribution in [2.45, 2.75) is 18.8 Å². The number of nitrogens with zero attached hydrogens (tertiary/aromatic N) is 2. The van der Waals surface area contributed by atoms with Gasteiger partial charge in [-0.25, -0.2) is 0 Å². The van der Waals surface area contributed by atoms with E-state index in [2.05, 4.69) is 16.3 Å². The van der Waals surface area contributed by atoms with Crippen molar-refractivity contribution in [2.24, 2.45) is 0 Å². The monoisotopic (exact) mass is 209 g/mol. The van der Waals surface area contributed by atoms with Crippen LogP contribution in [0.3, 0.4) is 0 Å². The van der Waals surface area contributed by atoms with Crippen LogP contribution in [0.25, 0.3) is 11.2 Å². The van der Waals surface area contributed by atoms with Crippen molar-refractivity contribution in [3.8, 4) is 0 Å². The first-order chi connectivity index (χ1) is 6.77. The fourth-order valence-corrected chi connectivity index (χ4v) is 2.15. The molecule has 0 saturated heterocycles. The fraction of sp³-hybridized carbons (Fsp3) is 0.500. The summed E-state index contributed by atoms with van der Waals surface area (Å²) in [5.41, 5.74) is 1.16. The molecular formula is C10H12ClN3. The topological polar surface area (TPSA) is 31.9 Å². The van der Waals surface area contributed by atoms with Crippen LogP contribution in [0.2, 0.25) is 0 Å². The van der Waals surface area contributed by atoms with Crippen LogP contribution in [-0.4, -0.2) is 28.7 Å². The highest BCUT2D eigenvalue weighted by Gasteiger charge is 2.28. The molecule has 0 aromatic carbocycles. The van der Waals surface area contributed by atoms with Gasteiger partial charge in [0.15, 0.2) is 0 Å². The zero-order chi connectivity index (χ0) is 9.71. The molecule has 1 aliphatic heterocycles. The molecule has 74 valence electrons. The normalized spacial score (nSPS) is 20.7. The number of fused-ring (bicyclic) bond motifs is 1. The van der Waals surface area contributed by atoms with Gasteiger partial charge in [-0.1, -0.05) is 11.6 Å². The molecule has 0 atom stereocenters. The van der Waals surface area contributed by atoms with Gasteiger partial charge in [-0.2, -0.15) is 5.10 Å². The Labute approximate surface area is 87.1 Å². The van der Waals surface area contributed by atoms with Gasteiger partial charge in [-0.05, 0) is 18.9 Å². The second-order valence-corrected chi connectivity index (χ2v) is 4.41. The Morgan fingerprint density at radius 3 is 3.07 bits per heavy atom. The lowest BCUT2D eigenvalue weighted by atomic mass is 10.2. The molecule has 1 aromatic heterocycles. The van der Waals surface area contributed by atoms with E-state index in [1.807, 2.05) is 11.9 Å². The molecule has 1 fully saturated rings. The van der Waals surface area contributed by atoms with Crippen LogP contribution in [-0.2, 0) is 0 Å². The highest BCUT2D eigenvalue weighted by Crippen LogP contribution is 2.37. The summed E-state index contributed by atoms with van der Waals surface area (Å²) in [6.45, 7) is 0.859. The van der Waals surface area contributed by atoms with Crippen molar-refractivity contribution in [3.05, 3.63) is 16.3 Å². The summed E-state index contributed by atoms with van der Waals surface area (Å²) in [5.74, 6) is 0.642. The molecule has 0 spiro atoms. The molecule has 2 aliphatic rings. The van der Waals surface area contributed by atoms with Crippen LogP contribution >= 0.6 is 11.6 Å². The minimum Gasteiger partial charge on any atom is -0.361 e. The van der Waals surface area contributed by atoms with E-state index in [0.29, 0.717) is 5.92 Å². The molecule has 3 nitrogen and oxygen atoms in total. The van der Waals surface area contributed by atoms with E-state index in [4.69, 9.17) is 11.6 Å². The van der Waals surface area contributed by atoms with Gasteiger partial charge >= 0.3 is 0 Å². The van der Waals surface area contributed by atoms with E-state index in [9.17, 15) is 0 Å². The third-order valence-electron chi connectivity index (χ3n) is 2.90. The van der Waals surface area contributed by atoms with Crippen LogP contribution in [0, 0.1) is 0 Å². The summed E-state index contributed by atoms with van der Waals surface area (Å²) in [7, 11) is 2.01. The van der Waals surface area contributed by atoms with E-state index >= 15 is 0 Å². The zero-order valence-corrected chi connectivity index (χ0v) is 8.80. The second kappa shape index (κ2) is 2.76. The summed E-state index contributed by atoms with van der Waals surface area (Å²) in [6, 6.07) is 0. The zero-order valence-electron chi connectivity index (χ0n) is 8.05. The van der Waals surface area contributed by atoms with Gasteiger partial charge in [0.1, 0.15) is 5.16 Å². The highest BCUT2D eigenvalue weighted by molar-refractivity contribution is 6.44. The molecule has 14 heavy (non-hydrogen) atoms. The molecule has 0 radical (unpaired) electrons. The Morgan fingerprint density at radius 2 is 2.36 bits per heavy atom. The number of nitrogens with one attached hydrogen (secondary N) is 1. The number of aromatic nitrogens is 2. The molecule has 0 bridgehead atoms. The summed E-state index contributed by atoms with van der Waals surface area (Å²) in [5, 5.41) is 10.5. The van der Waals surface area contributed by atoms with Crippen molar-refractivity contribution in [2.75, 3.05) is 13.6 Å². The molecule has 0 amide bonds. The van der Waals surface area contributed by atoms with E-state index < -0.39 is 0 Å². The fourth-order valence-electron chi connectivity index (χ4n) is 1.89. The Bertz CT molecular complexity index is 484. The summed E-state index contributed by atoms with van der Waals surface area (Å²) in [4.78, 5) is 2.05. The molecule has 0 unspecified atom stereocenters. The highest BCUT2D eigenvalue weighted by atomic mass is 35.5. The maximum atomic E-state index is 6.28. The average molecular weight is 210 g/mol. The second-order valence-electron chi connectivity index (χ2n) is 4.05. The van der Waals surface area contributed by atoms with Gasteiger partial charge in [0, 0.05) is 19.5 Å². The summed E-state index contributed by atoms with van der Waals surface area (Å²) >= 11 is 6.28. The molecule has 1 aliphatic carbocycles. The molecule has 1 saturated carbocycles. The van der Waals surface area contributed by atoms with Crippen LogP contribution in [0.5, 0.6) is 0 Å². The molecule has 2 heterocycles. The third kappa shape index (κ3) is 1.08. The van der Waals surface area contributed by atoms with Crippen molar-refractivity contribution >= 4 is 22.8 Å². The van der Waals surface area contributed by atoms with E-state index in [0.717, 1.165) is 28.0 Å². The molecule has 1 aromatic rings. The van der Waals surface area contributed by atoms with Crippen molar-refractivity contribution in [3.63, 3.8) is 0 Å². The smallest absolute Gasteiger partial charge is 0.116 e. The molecule has 3 rings (SSSR count). The van der Waals surface area contributed by atoms with Gasteiger partial charge in [0.05, 0.1) is 16.3 Å². The first kappa shape index (κ1) is 8.36. The third-order valence-corrected chi connectivity index (χ3v) is 3.37. The van der Waals surface area contributed by atoms with Gasteiger partial charge in [0.25, 0.3) is 0 Å². The molecule has 1 N–H and O–H groups in total. The maximum Gasteiger partial charge on any atom is 0.116 e. The van der Waals surface area contributed by atoms with Gasteiger partial charge < -0.3 is 4.90 Å². The van der Waals surface area contributed by atoms with Crippen LogP contribution < -0.4 is 10.6 Å². The Kier molecular flexibility index (Phi) is 1.65. The maximum absolute atomic E-state index is 6.28. The minimum atomic E-state index is 0.642. The van der Waals surface area contributed by atoms with E-state index in [1.54, 1.807) is 0 Å². The largest absolute Gasteiger partial charge is 0.361 e. The van der Waals surface area contributed by atoms with Gasteiger partial charge in [-0.3, -0.25) is 5.10 Å². The lowest BCUT2D eigenvalue weighted by molar-refractivity contribution is 0.552. The van der Waals surface area contributed by atoms with Gasteiger partial charge in [0.2, 0.25) is 0 Å². The van der Waals surface area contributed by atoms with Gasteiger partial charge in [-0.15, -0.1) is 0 Å². The summed E-state index contributed by atoms with van der Waals surface area (Å²) in [6.07, 6.45) is 4.65. The SMILES string of the molecule is CN1CC=c2[nH]nc(C3CC3)c2=C1Cl. The van der Waals surface area contributed by atoms with E-state index in [1.165, 1.54) is 12.8 Å². The lowest BCUT2D eigenvalue weighted by Crippen LogP contribution is -2.37. The predicted octanol–water partition coefficient (Wildman–Crippen LogP) is 0.317. The first-order valence-electron chi connectivity index (χ1n) is 4.93. The lowest BCUT2D eigenvalue weighted by Gasteiger charge is -2.18. The first-order valence-corrected chi connectivity index (χ1v) is 5.30. The number of hydrogen-bond donors (Lipinski definition) is 1. The average Bonchev–Trinajstić information content (AvgIpc) is 2.93. The standard InChI is InChI=1S/C10H12ClN3/c1-14-5-4-7-8(10(14)11)9(13-12-7)6-2-3-6/h4,6,12H,2-3,5H2,1H3. The molecule has 4 heteroatoms. The van der Waals surface area contributed by atoms with Crippen LogP contribution in [0.4, 0.5) is 0 Å². The molecular weight excluding hydrogens is 198 g/mol. The van der Waals surface area contributed by atoms with Crippen molar-refractivity contribution in [1.29, 1.82) is 0 Å². The van der Waals surface area contributed by atoms with Crippen molar-refractivity contribution < 1.29 is 0 Å². The summed E-state index contributed by atoms with van der Waals surface area (Å²) < 4.78 is 0. The quantitative estimate of drug-likeness (QED) is 0.676. The number of rotatable bonds is 1.